The van der Waals surface area contributed by atoms with Crippen LogP contribution < -0.4 is 5.32 Å². The molecular weight excluding hydrogens is 550 g/mol. The van der Waals surface area contributed by atoms with E-state index >= 15 is 0 Å². The van der Waals surface area contributed by atoms with Crippen molar-refractivity contribution in [2.24, 2.45) is 0 Å². The molecule has 0 aliphatic carbocycles. The molecule has 6 nitrogen and oxygen atoms in total. The Morgan fingerprint density at radius 2 is 1.05 bits per heavy atom. The van der Waals surface area contributed by atoms with Gasteiger partial charge >= 0.3 is 11.9 Å². The van der Waals surface area contributed by atoms with E-state index in [4.69, 9.17) is 9.84 Å². The lowest BCUT2D eigenvalue weighted by Gasteiger charge is -2.15. The Hall–Kier alpha value is -2.11. The lowest BCUT2D eigenvalue weighted by atomic mass is 10.0. The first-order valence-corrected chi connectivity index (χ1v) is 18.5. The molecule has 0 bridgehead atoms. The van der Waals surface area contributed by atoms with Gasteiger partial charge in [0.1, 0.15) is 12.6 Å². The van der Waals surface area contributed by atoms with Gasteiger partial charge in [0.15, 0.2) is 0 Å². The number of rotatable bonds is 33. The fourth-order valence-electron chi connectivity index (χ4n) is 5.30. The van der Waals surface area contributed by atoms with Crippen molar-refractivity contribution >= 4 is 17.8 Å². The molecule has 0 rings (SSSR count). The number of hydrogen-bond donors (Lipinski definition) is 2. The van der Waals surface area contributed by atoms with Crippen LogP contribution in [-0.4, -0.2) is 35.6 Å². The third-order valence-corrected chi connectivity index (χ3v) is 8.08. The van der Waals surface area contributed by atoms with E-state index in [0.29, 0.717) is 12.8 Å². The molecular formula is C38H69NO5. The lowest BCUT2D eigenvalue weighted by molar-refractivity contribution is -0.147. The molecule has 1 atom stereocenters. The van der Waals surface area contributed by atoms with E-state index in [-0.39, 0.29) is 24.5 Å². The topological polar surface area (TPSA) is 92.7 Å². The highest BCUT2D eigenvalue weighted by atomic mass is 16.5. The molecule has 1 amide bonds. The van der Waals surface area contributed by atoms with E-state index in [9.17, 15) is 14.4 Å². The highest BCUT2D eigenvalue weighted by molar-refractivity contribution is 5.80. The average molecular weight is 620 g/mol. The zero-order valence-corrected chi connectivity index (χ0v) is 28.8. The lowest BCUT2D eigenvalue weighted by Crippen LogP contribution is -2.28. The Labute approximate surface area is 271 Å². The van der Waals surface area contributed by atoms with Crippen molar-refractivity contribution in [1.29, 1.82) is 0 Å². The normalized spacial score (nSPS) is 12.2. The molecule has 1 unspecified atom stereocenters. The molecule has 0 aromatic heterocycles. The van der Waals surface area contributed by atoms with Gasteiger partial charge in [-0.2, -0.15) is 0 Å². The second-order valence-corrected chi connectivity index (χ2v) is 12.5. The summed E-state index contributed by atoms with van der Waals surface area (Å²) in [7, 11) is 0. The first-order chi connectivity index (χ1) is 21.5. The zero-order valence-electron chi connectivity index (χ0n) is 28.8. The summed E-state index contributed by atoms with van der Waals surface area (Å²) in [6.07, 6.45) is 38.8. The number of hydrogen-bond acceptors (Lipinski definition) is 4. The molecule has 0 saturated carbocycles. The number of aliphatic carboxylic acids is 1. The Balaban J connectivity index is 4.21. The molecule has 0 aromatic carbocycles. The van der Waals surface area contributed by atoms with Gasteiger partial charge in [-0.3, -0.25) is 14.4 Å². The summed E-state index contributed by atoms with van der Waals surface area (Å²) in [5, 5.41) is 11.0. The molecule has 6 heteroatoms. The number of carbonyl (C=O) groups excluding carboxylic acids is 2. The largest absolute Gasteiger partial charge is 0.480 e. The van der Waals surface area contributed by atoms with Crippen molar-refractivity contribution in [1.82, 2.24) is 5.32 Å². The van der Waals surface area contributed by atoms with Crippen LogP contribution in [-0.2, 0) is 19.1 Å². The van der Waals surface area contributed by atoms with Crippen molar-refractivity contribution in [2.45, 2.75) is 193 Å². The first-order valence-electron chi connectivity index (χ1n) is 18.5. The number of unbranched alkanes of at least 4 members (excludes halogenated alkanes) is 20. The number of amides is 1. The molecule has 0 heterocycles. The van der Waals surface area contributed by atoms with Crippen LogP contribution in [0.4, 0.5) is 0 Å². The van der Waals surface area contributed by atoms with Crippen LogP contribution in [0.5, 0.6) is 0 Å². The van der Waals surface area contributed by atoms with Crippen LogP contribution in [0.25, 0.3) is 0 Å². The van der Waals surface area contributed by atoms with E-state index in [0.717, 1.165) is 64.2 Å². The van der Waals surface area contributed by atoms with Gasteiger partial charge in [-0.25, -0.2) is 0 Å². The average Bonchev–Trinajstić information content (AvgIpc) is 3.00. The van der Waals surface area contributed by atoms with Gasteiger partial charge in [-0.05, 0) is 70.3 Å². The van der Waals surface area contributed by atoms with Crippen LogP contribution in [0.2, 0.25) is 0 Å². The van der Waals surface area contributed by atoms with Crippen LogP contribution >= 0.6 is 0 Å². The number of esters is 1. The number of carboxylic acids is 1. The summed E-state index contributed by atoms with van der Waals surface area (Å²) in [6, 6.07) is 0. The predicted octanol–water partition coefficient (Wildman–Crippen LogP) is 10.8. The minimum Gasteiger partial charge on any atom is -0.480 e. The quantitative estimate of drug-likeness (QED) is 0.0433. The van der Waals surface area contributed by atoms with E-state index in [1.165, 1.54) is 96.3 Å². The minimum atomic E-state index is -1.02. The molecule has 0 saturated heterocycles. The fraction of sp³-hybridized carbons (Fsp3) is 0.816. The van der Waals surface area contributed by atoms with Gasteiger partial charge in [-0.1, -0.05) is 128 Å². The van der Waals surface area contributed by atoms with Gasteiger partial charge in [0.2, 0.25) is 5.91 Å². The van der Waals surface area contributed by atoms with E-state index in [2.05, 4.69) is 43.5 Å². The van der Waals surface area contributed by atoms with Crippen molar-refractivity contribution in [3.63, 3.8) is 0 Å². The number of carbonyl (C=O) groups is 3. The second kappa shape index (κ2) is 33.8. The summed E-state index contributed by atoms with van der Waals surface area (Å²) < 4.78 is 5.91. The number of allylic oxidation sites excluding steroid dienone is 3. The van der Waals surface area contributed by atoms with Crippen LogP contribution in [0, 0.1) is 0 Å². The molecule has 0 radical (unpaired) electrons. The maximum Gasteiger partial charge on any atom is 0.322 e. The highest BCUT2D eigenvalue weighted by Gasteiger charge is 2.11. The first kappa shape index (κ1) is 41.9. The van der Waals surface area contributed by atoms with Crippen LogP contribution in [0.15, 0.2) is 24.3 Å². The van der Waals surface area contributed by atoms with Gasteiger partial charge in [0.25, 0.3) is 0 Å². The smallest absolute Gasteiger partial charge is 0.322 e. The van der Waals surface area contributed by atoms with E-state index in [1.807, 2.05) is 0 Å². The molecule has 256 valence electrons. The summed E-state index contributed by atoms with van der Waals surface area (Å²) in [4.78, 5) is 34.7. The third kappa shape index (κ3) is 32.8. The molecule has 2 N–H and O–H groups in total. The Morgan fingerprint density at radius 3 is 1.64 bits per heavy atom. The highest BCUT2D eigenvalue weighted by Crippen LogP contribution is 2.16. The molecule has 0 fully saturated rings. The van der Waals surface area contributed by atoms with Gasteiger partial charge < -0.3 is 15.2 Å². The Bertz CT molecular complexity index is 733. The fourth-order valence-corrected chi connectivity index (χ4v) is 5.30. The standard InChI is InChI=1S/C38H69NO5/c1-3-5-7-9-11-13-14-15-17-19-25-29-33-38(43)44-35(30-26-22-18-16-12-10-8-6-4-2)31-27-23-20-21-24-28-32-36(40)39-34-37(41)42/h11,13,26,30,35H,3-10,12,14-25,27-29,31-34H2,1-2H3,(H,39,40)(H,41,42)/b13-11-,30-26-. The van der Waals surface area contributed by atoms with Gasteiger partial charge in [-0.15, -0.1) is 0 Å². The Morgan fingerprint density at radius 1 is 0.591 bits per heavy atom. The minimum absolute atomic E-state index is 0.0632. The monoisotopic (exact) mass is 620 g/mol. The molecule has 0 spiro atoms. The van der Waals surface area contributed by atoms with Crippen molar-refractivity contribution < 1.29 is 24.2 Å². The van der Waals surface area contributed by atoms with E-state index < -0.39 is 5.97 Å². The van der Waals surface area contributed by atoms with Crippen molar-refractivity contribution in [2.75, 3.05) is 6.54 Å². The maximum absolute atomic E-state index is 12.6. The third-order valence-electron chi connectivity index (χ3n) is 8.08. The summed E-state index contributed by atoms with van der Waals surface area (Å²) in [5.41, 5.74) is 0. The second-order valence-electron chi connectivity index (χ2n) is 12.5. The number of nitrogens with one attached hydrogen (secondary N) is 1. The van der Waals surface area contributed by atoms with Gasteiger partial charge in [0, 0.05) is 12.8 Å². The maximum atomic E-state index is 12.6. The predicted molar refractivity (Wildman–Crippen MR) is 185 cm³/mol. The number of carboxylic acid groups (broad SMARTS) is 1. The summed E-state index contributed by atoms with van der Waals surface area (Å²) in [5.74, 6) is -1.27. The molecule has 0 aromatic rings. The Kier molecular flexibility index (Phi) is 32.2. The van der Waals surface area contributed by atoms with Crippen LogP contribution in [0.3, 0.4) is 0 Å². The molecule has 44 heavy (non-hydrogen) atoms. The van der Waals surface area contributed by atoms with Gasteiger partial charge in [0.05, 0.1) is 0 Å². The van der Waals surface area contributed by atoms with Crippen molar-refractivity contribution in [3.8, 4) is 0 Å². The van der Waals surface area contributed by atoms with Crippen molar-refractivity contribution in [3.05, 3.63) is 24.3 Å². The van der Waals surface area contributed by atoms with E-state index in [1.54, 1.807) is 0 Å². The SMILES string of the molecule is CCCCC/C=C\CCCCCCCC(=O)OC(/C=C\CCCCCCCCC)CCCCCCCCC(=O)NCC(=O)O. The summed E-state index contributed by atoms with van der Waals surface area (Å²) in [6.45, 7) is 4.18. The van der Waals surface area contributed by atoms with Crippen LogP contribution in [0.1, 0.15) is 187 Å². The number of ether oxygens (including phenoxy) is 1. The molecule has 0 aliphatic rings. The summed E-state index contributed by atoms with van der Waals surface area (Å²) >= 11 is 0. The zero-order chi connectivity index (χ0) is 32.4. The molecule has 0 aliphatic heterocycles.